The molecule has 0 saturated heterocycles. The number of nitrogens with one attached hydrogen (secondary N) is 3. The molecule has 0 aliphatic heterocycles. The second-order valence-corrected chi connectivity index (χ2v) is 6.66. The van der Waals surface area contributed by atoms with Crippen LogP contribution in [0.5, 0.6) is 0 Å². The van der Waals surface area contributed by atoms with E-state index in [1.54, 1.807) is 30.5 Å². The van der Waals surface area contributed by atoms with E-state index in [1.807, 2.05) is 44.2 Å². The molecule has 0 spiro atoms. The number of benzene rings is 1. The summed E-state index contributed by atoms with van der Waals surface area (Å²) in [6, 6.07) is 16.3. The van der Waals surface area contributed by atoms with Crippen LogP contribution >= 0.6 is 0 Å². The van der Waals surface area contributed by atoms with E-state index in [2.05, 4.69) is 30.9 Å². The summed E-state index contributed by atoms with van der Waals surface area (Å²) < 4.78 is 5.09. The molecule has 3 aromatic heterocycles. The van der Waals surface area contributed by atoms with Crippen LogP contribution in [0.25, 0.3) is 0 Å². The van der Waals surface area contributed by atoms with Crippen molar-refractivity contribution in [2.75, 3.05) is 16.0 Å². The molecule has 0 fully saturated rings. The molecular formula is C22H20N6O2. The van der Waals surface area contributed by atoms with Gasteiger partial charge in [0.1, 0.15) is 23.3 Å². The van der Waals surface area contributed by atoms with Crippen molar-refractivity contribution < 1.29 is 9.21 Å². The maximum Gasteiger partial charge on any atom is 0.291 e. The van der Waals surface area contributed by atoms with Crippen molar-refractivity contribution in [2.45, 2.75) is 13.8 Å². The van der Waals surface area contributed by atoms with E-state index in [1.165, 1.54) is 6.26 Å². The predicted molar refractivity (Wildman–Crippen MR) is 115 cm³/mol. The van der Waals surface area contributed by atoms with Crippen molar-refractivity contribution in [3.05, 3.63) is 84.2 Å². The molecule has 0 saturated carbocycles. The Bertz CT molecular complexity index is 1160. The van der Waals surface area contributed by atoms with Crippen molar-refractivity contribution in [3.8, 4) is 0 Å². The second kappa shape index (κ2) is 8.44. The van der Waals surface area contributed by atoms with Gasteiger partial charge in [-0.3, -0.25) is 4.79 Å². The molecule has 0 radical (unpaired) electrons. The maximum absolute atomic E-state index is 12.0. The van der Waals surface area contributed by atoms with Gasteiger partial charge >= 0.3 is 0 Å². The monoisotopic (exact) mass is 400 g/mol. The SMILES string of the molecule is Cc1ccnc(Nc2cc(Nc3ccc(NC(=O)c4ccco4)cc3)nc(C)n2)c1. The number of hydrogen-bond acceptors (Lipinski definition) is 7. The van der Waals surface area contributed by atoms with Crippen LogP contribution < -0.4 is 16.0 Å². The summed E-state index contributed by atoms with van der Waals surface area (Å²) >= 11 is 0. The average molecular weight is 400 g/mol. The Morgan fingerprint density at radius 2 is 1.60 bits per heavy atom. The Kier molecular flexibility index (Phi) is 5.38. The van der Waals surface area contributed by atoms with E-state index in [4.69, 9.17) is 4.42 Å². The standard InChI is InChI=1S/C22H20N6O2/c1-14-9-10-23-19(12-14)28-21-13-20(24-15(2)25-21)26-16-5-7-17(8-6-16)27-22(29)18-4-3-11-30-18/h3-13H,1-2H3,(H,27,29)(H2,23,24,25,26,28). The quantitative estimate of drug-likeness (QED) is 0.426. The Balaban J connectivity index is 1.44. The van der Waals surface area contributed by atoms with Crippen LogP contribution in [0.3, 0.4) is 0 Å². The van der Waals surface area contributed by atoms with Gasteiger partial charge in [0, 0.05) is 23.6 Å². The molecule has 1 aromatic carbocycles. The first kappa shape index (κ1) is 19.1. The van der Waals surface area contributed by atoms with Crippen LogP contribution in [0, 0.1) is 13.8 Å². The summed E-state index contributed by atoms with van der Waals surface area (Å²) in [4.78, 5) is 25.2. The lowest BCUT2D eigenvalue weighted by atomic mass is 10.2. The molecular weight excluding hydrogens is 380 g/mol. The third-order valence-corrected chi connectivity index (χ3v) is 4.17. The van der Waals surface area contributed by atoms with Crippen LogP contribution in [-0.2, 0) is 0 Å². The van der Waals surface area contributed by atoms with E-state index in [0.29, 0.717) is 23.1 Å². The Morgan fingerprint density at radius 1 is 0.867 bits per heavy atom. The average Bonchev–Trinajstić information content (AvgIpc) is 3.24. The minimum Gasteiger partial charge on any atom is -0.459 e. The molecule has 1 amide bonds. The van der Waals surface area contributed by atoms with Gasteiger partial charge in [-0.2, -0.15) is 0 Å². The Labute approximate surface area is 173 Å². The highest BCUT2D eigenvalue weighted by Gasteiger charge is 2.09. The summed E-state index contributed by atoms with van der Waals surface area (Å²) in [7, 11) is 0. The number of anilines is 5. The highest BCUT2D eigenvalue weighted by atomic mass is 16.3. The Hall–Kier alpha value is -4.20. The molecule has 3 heterocycles. The third-order valence-electron chi connectivity index (χ3n) is 4.17. The summed E-state index contributed by atoms with van der Waals surface area (Å²) in [5.74, 6) is 2.59. The van der Waals surface area contributed by atoms with Crippen LogP contribution in [-0.4, -0.2) is 20.9 Å². The molecule has 0 aliphatic rings. The molecule has 0 bridgehead atoms. The fourth-order valence-corrected chi connectivity index (χ4v) is 2.82. The van der Waals surface area contributed by atoms with E-state index in [9.17, 15) is 4.79 Å². The molecule has 8 nitrogen and oxygen atoms in total. The van der Waals surface area contributed by atoms with Gasteiger partial charge in [0.05, 0.1) is 6.26 Å². The number of aromatic nitrogens is 3. The first-order valence-electron chi connectivity index (χ1n) is 9.32. The van der Waals surface area contributed by atoms with E-state index < -0.39 is 0 Å². The molecule has 8 heteroatoms. The molecule has 150 valence electrons. The minimum absolute atomic E-state index is 0.261. The van der Waals surface area contributed by atoms with Crippen molar-refractivity contribution in [2.24, 2.45) is 0 Å². The molecule has 0 atom stereocenters. The van der Waals surface area contributed by atoms with Gasteiger partial charge in [0.25, 0.3) is 5.91 Å². The van der Waals surface area contributed by atoms with Crippen molar-refractivity contribution in [3.63, 3.8) is 0 Å². The van der Waals surface area contributed by atoms with Gasteiger partial charge in [0.15, 0.2) is 5.76 Å². The highest BCUT2D eigenvalue weighted by Crippen LogP contribution is 2.21. The van der Waals surface area contributed by atoms with Crippen molar-refractivity contribution in [1.29, 1.82) is 0 Å². The molecule has 4 aromatic rings. The van der Waals surface area contributed by atoms with E-state index >= 15 is 0 Å². The van der Waals surface area contributed by atoms with Gasteiger partial charge in [-0.25, -0.2) is 15.0 Å². The van der Waals surface area contributed by atoms with Crippen molar-refractivity contribution in [1.82, 2.24) is 15.0 Å². The summed E-state index contributed by atoms with van der Waals surface area (Å²) in [5.41, 5.74) is 2.59. The first-order chi connectivity index (χ1) is 14.5. The number of nitrogens with zero attached hydrogens (tertiary/aromatic N) is 3. The number of furan rings is 1. The number of pyridine rings is 1. The zero-order valence-corrected chi connectivity index (χ0v) is 16.5. The second-order valence-electron chi connectivity index (χ2n) is 6.66. The zero-order valence-electron chi connectivity index (χ0n) is 16.5. The molecule has 30 heavy (non-hydrogen) atoms. The topological polar surface area (TPSA) is 105 Å². The van der Waals surface area contributed by atoms with Gasteiger partial charge < -0.3 is 20.4 Å². The highest BCUT2D eigenvalue weighted by molar-refractivity contribution is 6.02. The minimum atomic E-state index is -0.299. The molecule has 0 aliphatic carbocycles. The van der Waals surface area contributed by atoms with Gasteiger partial charge in [-0.1, -0.05) is 0 Å². The normalized spacial score (nSPS) is 10.5. The smallest absolute Gasteiger partial charge is 0.291 e. The lowest BCUT2D eigenvalue weighted by Gasteiger charge is -2.11. The van der Waals surface area contributed by atoms with E-state index in [0.717, 1.165) is 17.1 Å². The van der Waals surface area contributed by atoms with Crippen LogP contribution in [0.15, 0.2) is 71.5 Å². The number of hydrogen-bond donors (Lipinski definition) is 3. The fraction of sp³-hybridized carbons (Fsp3) is 0.0909. The molecule has 4 rings (SSSR count). The fourth-order valence-electron chi connectivity index (χ4n) is 2.82. The third kappa shape index (κ3) is 4.79. The zero-order chi connectivity index (χ0) is 20.9. The number of amides is 1. The Morgan fingerprint density at radius 3 is 2.30 bits per heavy atom. The van der Waals surface area contributed by atoms with Crippen LogP contribution in [0.4, 0.5) is 28.8 Å². The van der Waals surface area contributed by atoms with Crippen LogP contribution in [0.2, 0.25) is 0 Å². The van der Waals surface area contributed by atoms with Gasteiger partial charge in [-0.05, 0) is 67.9 Å². The van der Waals surface area contributed by atoms with Gasteiger partial charge in [0.2, 0.25) is 0 Å². The van der Waals surface area contributed by atoms with Crippen molar-refractivity contribution >= 4 is 34.7 Å². The maximum atomic E-state index is 12.0. The number of aryl methyl sites for hydroxylation is 2. The van der Waals surface area contributed by atoms with E-state index in [-0.39, 0.29) is 11.7 Å². The molecule has 3 N–H and O–H groups in total. The summed E-state index contributed by atoms with van der Waals surface area (Å²) in [6.07, 6.45) is 3.21. The first-order valence-corrected chi connectivity index (χ1v) is 9.32. The largest absolute Gasteiger partial charge is 0.459 e. The van der Waals surface area contributed by atoms with Gasteiger partial charge in [-0.15, -0.1) is 0 Å². The van der Waals surface area contributed by atoms with Crippen LogP contribution in [0.1, 0.15) is 21.9 Å². The molecule has 0 unspecified atom stereocenters. The lowest BCUT2D eigenvalue weighted by molar-refractivity contribution is 0.0996. The number of carbonyl (C=O) groups excluding carboxylic acids is 1. The lowest BCUT2D eigenvalue weighted by Crippen LogP contribution is -2.10. The number of carbonyl (C=O) groups is 1. The number of rotatable bonds is 6. The predicted octanol–water partition coefficient (Wildman–Crippen LogP) is 4.82. The summed E-state index contributed by atoms with van der Waals surface area (Å²) in [5, 5.41) is 9.23. The summed E-state index contributed by atoms with van der Waals surface area (Å²) in [6.45, 7) is 3.83.